The van der Waals surface area contributed by atoms with Crippen LogP contribution >= 0.6 is 0 Å². The number of ether oxygens (including phenoxy) is 1. The summed E-state index contributed by atoms with van der Waals surface area (Å²) in [6.07, 6.45) is 3.67. The van der Waals surface area contributed by atoms with Crippen LogP contribution < -0.4 is 5.32 Å². The van der Waals surface area contributed by atoms with E-state index < -0.39 is 5.60 Å². The van der Waals surface area contributed by atoms with Crippen molar-refractivity contribution in [3.05, 3.63) is 24.2 Å². The van der Waals surface area contributed by atoms with Crippen LogP contribution in [0.3, 0.4) is 0 Å². The molecule has 0 saturated carbocycles. The monoisotopic (exact) mass is 346 g/mol. The Balaban J connectivity index is 1.76. The van der Waals surface area contributed by atoms with E-state index in [1.54, 1.807) is 11.2 Å². The lowest BCUT2D eigenvalue weighted by atomic mass is 9.99. The largest absolute Gasteiger partial charge is 0.469 e. The van der Waals surface area contributed by atoms with E-state index >= 15 is 0 Å². The van der Waals surface area contributed by atoms with E-state index in [-0.39, 0.29) is 17.9 Å². The molecule has 1 unspecified atom stereocenters. The van der Waals surface area contributed by atoms with Gasteiger partial charge in [0.1, 0.15) is 11.4 Å². The van der Waals surface area contributed by atoms with Gasteiger partial charge in [0.05, 0.1) is 6.26 Å². The van der Waals surface area contributed by atoms with Crippen LogP contribution in [0.5, 0.6) is 0 Å². The number of carbonyl (C=O) groups is 2. The third kappa shape index (κ3) is 6.92. The average Bonchev–Trinajstić information content (AvgIpc) is 3.05. The first-order chi connectivity index (χ1) is 11.8. The van der Waals surface area contributed by atoms with E-state index in [2.05, 4.69) is 17.2 Å². The number of likely N-dealkylation sites (tertiary alicyclic amines) is 1. The van der Waals surface area contributed by atoms with E-state index in [0.717, 1.165) is 18.6 Å². The van der Waals surface area contributed by atoms with Crippen molar-refractivity contribution in [3.63, 3.8) is 0 Å². The lowest BCUT2D eigenvalue weighted by Crippen LogP contribution is -2.42. The summed E-state index contributed by atoms with van der Waals surface area (Å²) in [7, 11) is 0. The third-order valence-corrected chi connectivity index (χ3v) is 3.70. The minimum atomic E-state index is -0.510. The minimum Gasteiger partial charge on any atom is -0.469 e. The molecule has 2 heterocycles. The first-order valence-corrected chi connectivity index (χ1v) is 8.63. The van der Waals surface area contributed by atoms with Crippen LogP contribution in [0.1, 0.15) is 39.4 Å². The molecule has 0 aromatic carbocycles. The van der Waals surface area contributed by atoms with Gasteiger partial charge in [-0.05, 0) is 51.7 Å². The van der Waals surface area contributed by atoms with Crippen LogP contribution in [0, 0.1) is 17.8 Å². The minimum absolute atomic E-state index is 0.00269. The molecular weight excluding hydrogens is 320 g/mol. The van der Waals surface area contributed by atoms with Gasteiger partial charge >= 0.3 is 6.09 Å². The van der Waals surface area contributed by atoms with Gasteiger partial charge in [0, 0.05) is 32.0 Å². The molecule has 0 bridgehead atoms. The van der Waals surface area contributed by atoms with Gasteiger partial charge in [-0.15, -0.1) is 0 Å². The van der Waals surface area contributed by atoms with Crippen LogP contribution in [0.2, 0.25) is 0 Å². The molecule has 0 radical (unpaired) electrons. The van der Waals surface area contributed by atoms with E-state index in [1.807, 2.05) is 32.9 Å². The summed E-state index contributed by atoms with van der Waals surface area (Å²) in [6, 6.07) is 3.68. The van der Waals surface area contributed by atoms with Crippen LogP contribution in [0.4, 0.5) is 4.79 Å². The number of rotatable bonds is 3. The fourth-order valence-electron chi connectivity index (χ4n) is 2.55. The lowest BCUT2D eigenvalue weighted by molar-refractivity contribution is -0.115. The molecule has 1 aromatic rings. The number of furan rings is 1. The second-order valence-corrected chi connectivity index (χ2v) is 7.12. The molecular formula is C19H26N2O4. The Morgan fingerprint density at radius 3 is 2.92 bits per heavy atom. The molecule has 1 fully saturated rings. The number of hydrogen-bond donors (Lipinski definition) is 1. The summed E-state index contributed by atoms with van der Waals surface area (Å²) in [5.74, 6) is 6.13. The van der Waals surface area contributed by atoms with Gasteiger partial charge in [0.25, 0.3) is 5.91 Å². The highest BCUT2D eigenvalue weighted by molar-refractivity contribution is 5.93. The Kier molecular flexibility index (Phi) is 6.51. The van der Waals surface area contributed by atoms with Crippen LogP contribution in [0.15, 0.2) is 22.8 Å². The number of nitrogens with one attached hydrogen (secondary N) is 1. The van der Waals surface area contributed by atoms with E-state index in [1.165, 1.54) is 0 Å². The molecule has 136 valence electrons. The number of hydrogen-bond acceptors (Lipinski definition) is 4. The first-order valence-electron chi connectivity index (χ1n) is 8.63. The zero-order valence-electron chi connectivity index (χ0n) is 15.1. The highest BCUT2D eigenvalue weighted by atomic mass is 16.6. The van der Waals surface area contributed by atoms with Gasteiger partial charge in [0.2, 0.25) is 0 Å². The van der Waals surface area contributed by atoms with Gasteiger partial charge < -0.3 is 19.4 Å². The average molecular weight is 346 g/mol. The fraction of sp³-hybridized carbons (Fsp3) is 0.579. The van der Waals surface area contributed by atoms with Crippen molar-refractivity contribution in [1.29, 1.82) is 0 Å². The summed E-state index contributed by atoms with van der Waals surface area (Å²) < 4.78 is 10.6. The van der Waals surface area contributed by atoms with Crippen molar-refractivity contribution in [3.8, 4) is 11.8 Å². The summed E-state index contributed by atoms with van der Waals surface area (Å²) in [6.45, 7) is 7.19. The number of piperidine rings is 1. The van der Waals surface area contributed by atoms with Gasteiger partial charge in [-0.25, -0.2) is 4.79 Å². The van der Waals surface area contributed by atoms with Gasteiger partial charge in [0.15, 0.2) is 0 Å². The van der Waals surface area contributed by atoms with Crippen molar-refractivity contribution in [2.45, 2.75) is 45.6 Å². The lowest BCUT2D eigenvalue weighted by Gasteiger charge is -2.32. The molecule has 1 aromatic heterocycles. The predicted molar refractivity (Wildman–Crippen MR) is 93.7 cm³/mol. The summed E-state index contributed by atoms with van der Waals surface area (Å²) >= 11 is 0. The zero-order chi connectivity index (χ0) is 18.3. The van der Waals surface area contributed by atoms with Crippen molar-refractivity contribution < 1.29 is 18.7 Å². The highest BCUT2D eigenvalue weighted by Gasteiger charge is 2.26. The SMILES string of the molecule is CC(C)(C)OC(=O)N1CCCC(C#CC(=O)NCCc2ccco2)C1. The Labute approximate surface area is 148 Å². The normalized spacial score (nSPS) is 17.4. The zero-order valence-corrected chi connectivity index (χ0v) is 15.1. The summed E-state index contributed by atoms with van der Waals surface area (Å²) in [5.41, 5.74) is -0.510. The molecule has 6 heteroatoms. The van der Waals surface area contributed by atoms with E-state index in [0.29, 0.717) is 26.1 Å². The molecule has 25 heavy (non-hydrogen) atoms. The predicted octanol–water partition coefficient (Wildman–Crippen LogP) is 2.59. The number of nitrogens with zero attached hydrogens (tertiary/aromatic N) is 1. The molecule has 1 N–H and O–H groups in total. The standard InChI is InChI=1S/C19H26N2O4/c1-19(2,3)25-18(23)21-12-4-6-15(14-21)8-9-17(22)20-11-10-16-7-5-13-24-16/h5,7,13,15H,4,6,10-12,14H2,1-3H3,(H,20,22). The molecule has 1 aliphatic heterocycles. The fourth-order valence-corrected chi connectivity index (χ4v) is 2.55. The third-order valence-electron chi connectivity index (χ3n) is 3.70. The maximum absolute atomic E-state index is 12.1. The van der Waals surface area contributed by atoms with Gasteiger partial charge in [-0.2, -0.15) is 0 Å². The number of carbonyl (C=O) groups excluding carboxylic acids is 2. The number of amides is 2. The summed E-state index contributed by atoms with van der Waals surface area (Å²) in [4.78, 5) is 25.6. The highest BCUT2D eigenvalue weighted by Crippen LogP contribution is 2.18. The smallest absolute Gasteiger partial charge is 0.410 e. The molecule has 0 aliphatic carbocycles. The quantitative estimate of drug-likeness (QED) is 0.854. The molecule has 2 amide bonds. The Morgan fingerprint density at radius 2 is 2.24 bits per heavy atom. The Bertz CT molecular complexity index is 635. The molecule has 1 atom stereocenters. The van der Waals surface area contributed by atoms with Crippen molar-refractivity contribution in [2.75, 3.05) is 19.6 Å². The second-order valence-electron chi connectivity index (χ2n) is 7.12. The van der Waals surface area contributed by atoms with Crippen LogP contribution in [-0.4, -0.2) is 42.1 Å². The van der Waals surface area contributed by atoms with E-state index in [4.69, 9.17) is 9.15 Å². The Hall–Kier alpha value is -2.42. The molecule has 0 spiro atoms. The molecule has 2 rings (SSSR count). The van der Waals surface area contributed by atoms with Crippen LogP contribution in [0.25, 0.3) is 0 Å². The van der Waals surface area contributed by atoms with Gasteiger partial charge in [-0.1, -0.05) is 5.92 Å². The van der Waals surface area contributed by atoms with Crippen molar-refractivity contribution in [2.24, 2.45) is 5.92 Å². The maximum atomic E-state index is 12.1. The molecule has 1 saturated heterocycles. The first kappa shape index (κ1) is 18.9. The van der Waals surface area contributed by atoms with Gasteiger partial charge in [-0.3, -0.25) is 4.79 Å². The van der Waals surface area contributed by atoms with Crippen molar-refractivity contribution in [1.82, 2.24) is 10.2 Å². The molecule has 1 aliphatic rings. The topological polar surface area (TPSA) is 71.8 Å². The van der Waals surface area contributed by atoms with Crippen molar-refractivity contribution >= 4 is 12.0 Å². The Morgan fingerprint density at radius 1 is 1.44 bits per heavy atom. The maximum Gasteiger partial charge on any atom is 0.410 e. The van der Waals surface area contributed by atoms with E-state index in [9.17, 15) is 9.59 Å². The summed E-state index contributed by atoms with van der Waals surface area (Å²) in [5, 5.41) is 2.75. The molecule has 6 nitrogen and oxygen atoms in total. The van der Waals surface area contributed by atoms with Crippen LogP contribution in [-0.2, 0) is 16.0 Å². The second kappa shape index (κ2) is 8.61.